The molecule has 0 atom stereocenters. The first-order chi connectivity index (χ1) is 14.0. The highest BCUT2D eigenvalue weighted by Gasteiger charge is 2.17. The predicted molar refractivity (Wildman–Crippen MR) is 102 cm³/mol. The van der Waals surface area contributed by atoms with Gasteiger partial charge in [-0.1, -0.05) is 24.3 Å². The second-order valence-electron chi connectivity index (χ2n) is 6.16. The number of carboxylic acids is 4. The Morgan fingerprint density at radius 1 is 0.500 bits per heavy atom. The fourth-order valence-corrected chi connectivity index (χ4v) is 2.49. The van der Waals surface area contributed by atoms with Gasteiger partial charge in [-0.05, 0) is 23.3 Å². The molecule has 0 unspecified atom stereocenters. The molecule has 2 rings (SSSR count). The monoisotopic (exact) mass is 420 g/mol. The molecule has 0 aromatic heterocycles. The topological polar surface area (TPSA) is 190 Å². The van der Waals surface area contributed by atoms with Gasteiger partial charge in [-0.3, -0.25) is 19.2 Å². The lowest BCUT2D eigenvalue weighted by molar-refractivity contribution is -0.137. The zero-order valence-electron chi connectivity index (χ0n) is 15.6. The molecule has 0 aliphatic carbocycles. The first-order valence-electron chi connectivity index (χ1n) is 8.47. The van der Waals surface area contributed by atoms with Crippen LogP contribution in [0.1, 0.15) is 22.3 Å². The van der Waals surface area contributed by atoms with Gasteiger partial charge in [0.05, 0.1) is 25.7 Å². The number of phenolic OH excluding ortho intramolecular Hbond substituents is 2. The van der Waals surface area contributed by atoms with Gasteiger partial charge >= 0.3 is 23.9 Å². The standard InChI is InChI=1S/C10H10O6.C10H10O4/c11-7-1-2-8(12)6(4-10(15)16)5(7)3-9(13)14;11-9(12)5-7-1-2-8(4-3-7)6-10(13)14/h1-2,11-12H,3-4H2,(H,13,14)(H,15,16);1-4H,5-6H2,(H,11,12)(H,13,14). The first kappa shape index (κ1) is 24.0. The van der Waals surface area contributed by atoms with E-state index < -0.39 is 36.7 Å². The summed E-state index contributed by atoms with van der Waals surface area (Å²) in [6, 6.07) is 8.77. The summed E-state index contributed by atoms with van der Waals surface area (Å²) in [7, 11) is 0. The van der Waals surface area contributed by atoms with E-state index in [1.54, 1.807) is 24.3 Å². The summed E-state index contributed by atoms with van der Waals surface area (Å²) >= 11 is 0. The van der Waals surface area contributed by atoms with E-state index in [1.165, 1.54) is 0 Å². The third-order valence-corrected chi connectivity index (χ3v) is 3.77. The maximum atomic E-state index is 10.5. The largest absolute Gasteiger partial charge is 0.508 e. The molecule has 0 saturated heterocycles. The lowest BCUT2D eigenvalue weighted by Gasteiger charge is -2.09. The van der Waals surface area contributed by atoms with Gasteiger partial charge in [0.2, 0.25) is 0 Å². The number of aromatic hydroxyl groups is 2. The van der Waals surface area contributed by atoms with Crippen LogP contribution < -0.4 is 0 Å². The number of carboxylic acid groups (broad SMARTS) is 4. The molecule has 2 aromatic rings. The van der Waals surface area contributed by atoms with Crippen LogP contribution in [0.5, 0.6) is 11.5 Å². The average Bonchev–Trinajstić information content (AvgIpc) is 2.62. The summed E-state index contributed by atoms with van der Waals surface area (Å²) in [4.78, 5) is 41.7. The van der Waals surface area contributed by atoms with Gasteiger partial charge in [-0.15, -0.1) is 0 Å². The number of rotatable bonds is 8. The van der Waals surface area contributed by atoms with Gasteiger partial charge in [-0.2, -0.15) is 0 Å². The van der Waals surface area contributed by atoms with E-state index in [2.05, 4.69) is 0 Å². The Bertz CT molecular complexity index is 855. The van der Waals surface area contributed by atoms with E-state index in [-0.39, 0.29) is 35.5 Å². The van der Waals surface area contributed by atoms with E-state index >= 15 is 0 Å². The molecule has 6 N–H and O–H groups in total. The van der Waals surface area contributed by atoms with Crippen LogP contribution in [0, 0.1) is 0 Å². The molecule has 0 fully saturated rings. The van der Waals surface area contributed by atoms with E-state index in [4.69, 9.17) is 20.4 Å². The quantitative estimate of drug-likeness (QED) is 0.339. The SMILES string of the molecule is O=C(O)Cc1c(O)ccc(O)c1CC(=O)O.O=C(O)Cc1ccc(CC(=O)O)cc1. The van der Waals surface area contributed by atoms with Gasteiger partial charge in [0, 0.05) is 11.1 Å². The number of benzene rings is 2. The van der Waals surface area contributed by atoms with Gasteiger partial charge < -0.3 is 30.6 Å². The van der Waals surface area contributed by atoms with Gasteiger partial charge in [0.1, 0.15) is 11.5 Å². The van der Waals surface area contributed by atoms with Crippen molar-refractivity contribution in [2.75, 3.05) is 0 Å². The molecule has 0 radical (unpaired) electrons. The van der Waals surface area contributed by atoms with Crippen molar-refractivity contribution in [3.63, 3.8) is 0 Å². The summed E-state index contributed by atoms with van der Waals surface area (Å²) in [6.45, 7) is 0. The van der Waals surface area contributed by atoms with Crippen molar-refractivity contribution >= 4 is 23.9 Å². The lowest BCUT2D eigenvalue weighted by Crippen LogP contribution is -2.08. The Balaban J connectivity index is 0.000000303. The molecule has 0 aliphatic heterocycles. The number of aliphatic carboxylic acids is 4. The summed E-state index contributed by atoms with van der Waals surface area (Å²) < 4.78 is 0. The molecule has 0 amide bonds. The lowest BCUT2D eigenvalue weighted by atomic mass is 9.99. The number of carbonyl (C=O) groups is 4. The average molecular weight is 420 g/mol. The van der Waals surface area contributed by atoms with Crippen molar-refractivity contribution in [1.82, 2.24) is 0 Å². The maximum Gasteiger partial charge on any atom is 0.307 e. The highest BCUT2D eigenvalue weighted by Crippen LogP contribution is 2.29. The van der Waals surface area contributed by atoms with Crippen molar-refractivity contribution in [3.05, 3.63) is 58.7 Å². The van der Waals surface area contributed by atoms with E-state index in [9.17, 15) is 29.4 Å². The van der Waals surface area contributed by atoms with Crippen LogP contribution in [0.25, 0.3) is 0 Å². The van der Waals surface area contributed by atoms with E-state index in [0.29, 0.717) is 11.1 Å². The maximum absolute atomic E-state index is 10.5. The van der Waals surface area contributed by atoms with E-state index in [0.717, 1.165) is 12.1 Å². The summed E-state index contributed by atoms with van der Waals surface area (Å²) in [6.07, 6.45) is -1.15. The van der Waals surface area contributed by atoms with Crippen molar-refractivity contribution in [3.8, 4) is 11.5 Å². The van der Waals surface area contributed by atoms with Crippen LogP contribution in [-0.2, 0) is 44.9 Å². The highest BCUT2D eigenvalue weighted by atomic mass is 16.4. The predicted octanol–water partition coefficient (Wildman–Crippen LogP) is 1.29. The zero-order valence-corrected chi connectivity index (χ0v) is 15.6. The van der Waals surface area contributed by atoms with Crippen molar-refractivity contribution in [1.29, 1.82) is 0 Å². The van der Waals surface area contributed by atoms with Crippen molar-refractivity contribution in [2.45, 2.75) is 25.7 Å². The van der Waals surface area contributed by atoms with E-state index in [1.807, 2.05) is 0 Å². The first-order valence-corrected chi connectivity index (χ1v) is 8.47. The fourth-order valence-electron chi connectivity index (χ4n) is 2.49. The van der Waals surface area contributed by atoms with Gasteiger partial charge in [0.15, 0.2) is 0 Å². The molecule has 10 heteroatoms. The van der Waals surface area contributed by atoms with Crippen LogP contribution in [0.15, 0.2) is 36.4 Å². The molecule has 30 heavy (non-hydrogen) atoms. The minimum absolute atomic E-state index is 0.0344. The zero-order chi connectivity index (χ0) is 22.8. The molecule has 0 aliphatic rings. The fraction of sp³-hybridized carbons (Fsp3) is 0.200. The Morgan fingerprint density at radius 2 is 0.767 bits per heavy atom. The van der Waals surface area contributed by atoms with Crippen LogP contribution in [-0.4, -0.2) is 54.5 Å². The summed E-state index contributed by atoms with van der Waals surface area (Å²) in [5, 5.41) is 53.0. The molecule has 0 saturated carbocycles. The molecular weight excluding hydrogens is 400 g/mol. The third-order valence-electron chi connectivity index (χ3n) is 3.77. The van der Waals surface area contributed by atoms with Gasteiger partial charge in [-0.25, -0.2) is 0 Å². The summed E-state index contributed by atoms with van der Waals surface area (Å²) in [5.41, 5.74) is 1.20. The number of hydrogen-bond donors (Lipinski definition) is 6. The van der Waals surface area contributed by atoms with Crippen LogP contribution in [0.2, 0.25) is 0 Å². The minimum Gasteiger partial charge on any atom is -0.508 e. The molecule has 0 spiro atoms. The highest BCUT2D eigenvalue weighted by molar-refractivity contribution is 5.77. The Hall–Kier alpha value is -4.08. The van der Waals surface area contributed by atoms with Crippen molar-refractivity contribution in [2.24, 2.45) is 0 Å². The summed E-state index contributed by atoms with van der Waals surface area (Å²) in [5.74, 6) is -4.89. The minimum atomic E-state index is -1.22. The van der Waals surface area contributed by atoms with Crippen molar-refractivity contribution < 1.29 is 49.8 Å². The van der Waals surface area contributed by atoms with Crippen LogP contribution >= 0.6 is 0 Å². The molecule has 2 aromatic carbocycles. The van der Waals surface area contributed by atoms with Crippen LogP contribution in [0.3, 0.4) is 0 Å². The second kappa shape index (κ2) is 11.1. The molecule has 0 bridgehead atoms. The molecular formula is C20H20O10. The molecule has 0 heterocycles. The Morgan fingerprint density at radius 3 is 1.00 bits per heavy atom. The Kier molecular flexibility index (Phi) is 8.83. The molecule has 160 valence electrons. The second-order valence-corrected chi connectivity index (χ2v) is 6.16. The normalized spacial score (nSPS) is 9.87. The Labute approximate surface area is 170 Å². The number of hydrogen-bond acceptors (Lipinski definition) is 6. The van der Waals surface area contributed by atoms with Crippen LogP contribution in [0.4, 0.5) is 0 Å². The van der Waals surface area contributed by atoms with Gasteiger partial charge in [0.25, 0.3) is 0 Å². The smallest absolute Gasteiger partial charge is 0.307 e. The third kappa shape index (κ3) is 8.30. The molecule has 10 nitrogen and oxygen atoms in total. The number of phenols is 2.